The van der Waals surface area contributed by atoms with E-state index < -0.39 is 23.6 Å². The van der Waals surface area contributed by atoms with Crippen LogP contribution in [0.1, 0.15) is 5.56 Å². The number of carbonyl (C=O) groups is 2. The first-order valence-electron chi connectivity index (χ1n) is 8.83. The second-order valence-corrected chi connectivity index (χ2v) is 6.35. The van der Waals surface area contributed by atoms with Gasteiger partial charge in [0, 0.05) is 31.1 Å². The van der Waals surface area contributed by atoms with Gasteiger partial charge >= 0.3 is 6.03 Å². The van der Waals surface area contributed by atoms with Crippen LogP contribution in [-0.4, -0.2) is 28.9 Å². The molecule has 0 aliphatic rings. The third-order valence-corrected chi connectivity index (χ3v) is 4.11. The van der Waals surface area contributed by atoms with Crippen LogP contribution in [0.2, 0.25) is 0 Å². The number of anilines is 2. The van der Waals surface area contributed by atoms with Crippen molar-refractivity contribution in [3.05, 3.63) is 78.0 Å². The highest BCUT2D eigenvalue weighted by atomic mass is 35.5. The number of nitrogen functional groups attached to an aromatic ring is 1. The average molecular weight is 449 g/mol. The Labute approximate surface area is 183 Å². The van der Waals surface area contributed by atoms with Crippen molar-refractivity contribution in [3.8, 4) is 11.5 Å². The van der Waals surface area contributed by atoms with Gasteiger partial charge in [-0.05, 0) is 35.9 Å². The standard InChI is InChI=1S/C21H18F2N4O3.ClH/c1-27(20(28)10-13-2-4-14(22)5-3-13)21(29)26-15-6-7-18(17(23)11-15)30-16-8-9-25-19(24)12-16;/h2-9,11-12H,10H2,1H3,(H2,24,25)(H,26,29);1H. The number of carbonyl (C=O) groups excluding carboxylic acids is 2. The lowest BCUT2D eigenvalue weighted by Crippen LogP contribution is -2.37. The molecule has 7 nitrogen and oxygen atoms in total. The van der Waals surface area contributed by atoms with Crippen LogP contribution >= 0.6 is 12.4 Å². The Hall–Kier alpha value is -3.72. The van der Waals surface area contributed by atoms with Crippen molar-refractivity contribution in [1.29, 1.82) is 0 Å². The van der Waals surface area contributed by atoms with Gasteiger partial charge in [-0.2, -0.15) is 0 Å². The van der Waals surface area contributed by atoms with Crippen molar-refractivity contribution in [2.75, 3.05) is 18.1 Å². The van der Waals surface area contributed by atoms with E-state index in [4.69, 9.17) is 10.5 Å². The SMILES string of the molecule is CN(C(=O)Cc1ccc(F)cc1)C(=O)Nc1ccc(Oc2ccnc(N)c2)c(F)c1.Cl. The number of likely N-dealkylation sites (N-methyl/N-ethyl adjacent to an activating group) is 1. The van der Waals surface area contributed by atoms with Gasteiger partial charge in [0.1, 0.15) is 17.4 Å². The van der Waals surface area contributed by atoms with Gasteiger partial charge in [-0.25, -0.2) is 18.6 Å². The first-order chi connectivity index (χ1) is 14.3. The number of benzene rings is 2. The van der Waals surface area contributed by atoms with E-state index in [1.807, 2.05) is 0 Å². The van der Waals surface area contributed by atoms with Crippen LogP contribution in [0.25, 0.3) is 0 Å². The highest BCUT2D eigenvalue weighted by molar-refractivity contribution is 6.01. The number of rotatable bonds is 5. The van der Waals surface area contributed by atoms with Crippen LogP contribution in [-0.2, 0) is 11.2 Å². The van der Waals surface area contributed by atoms with Gasteiger partial charge in [0.2, 0.25) is 5.91 Å². The summed E-state index contributed by atoms with van der Waals surface area (Å²) in [5.74, 6) is -1.17. The summed E-state index contributed by atoms with van der Waals surface area (Å²) in [4.78, 5) is 29.2. The monoisotopic (exact) mass is 448 g/mol. The zero-order valence-corrected chi connectivity index (χ0v) is 17.2. The molecule has 162 valence electrons. The van der Waals surface area contributed by atoms with Crippen molar-refractivity contribution in [1.82, 2.24) is 9.88 Å². The van der Waals surface area contributed by atoms with E-state index in [1.54, 1.807) is 0 Å². The number of aromatic nitrogens is 1. The quantitative estimate of drug-likeness (QED) is 0.603. The van der Waals surface area contributed by atoms with Gasteiger partial charge in [0.15, 0.2) is 11.6 Å². The molecule has 3 amide bonds. The van der Waals surface area contributed by atoms with Crippen molar-refractivity contribution in [2.24, 2.45) is 0 Å². The van der Waals surface area contributed by atoms with Gasteiger partial charge in [-0.3, -0.25) is 9.69 Å². The van der Waals surface area contributed by atoms with Crippen LogP contribution in [0.4, 0.5) is 25.1 Å². The number of ether oxygens (including phenoxy) is 1. The molecule has 2 aromatic carbocycles. The number of nitrogens with zero attached hydrogens (tertiary/aromatic N) is 2. The van der Waals surface area contributed by atoms with Gasteiger partial charge < -0.3 is 15.8 Å². The molecular formula is C21H19ClF2N4O3. The molecular weight excluding hydrogens is 430 g/mol. The minimum absolute atomic E-state index is 0. The molecule has 0 atom stereocenters. The highest BCUT2D eigenvalue weighted by Crippen LogP contribution is 2.27. The molecule has 0 radical (unpaired) electrons. The lowest BCUT2D eigenvalue weighted by Gasteiger charge is -2.17. The van der Waals surface area contributed by atoms with E-state index in [9.17, 15) is 18.4 Å². The summed E-state index contributed by atoms with van der Waals surface area (Å²) in [5.41, 5.74) is 6.26. The van der Waals surface area contributed by atoms with Crippen molar-refractivity contribution in [3.63, 3.8) is 0 Å². The predicted octanol–water partition coefficient (Wildman–Crippen LogP) is 4.39. The molecule has 0 fully saturated rings. The number of amides is 3. The fourth-order valence-electron chi connectivity index (χ4n) is 2.50. The maximum atomic E-state index is 14.3. The maximum Gasteiger partial charge on any atom is 0.328 e. The third-order valence-electron chi connectivity index (χ3n) is 4.11. The first-order valence-corrected chi connectivity index (χ1v) is 8.83. The molecule has 10 heteroatoms. The molecule has 3 aromatic rings. The number of nitrogens with two attached hydrogens (primary N) is 1. The summed E-state index contributed by atoms with van der Waals surface area (Å²) < 4.78 is 32.7. The zero-order valence-electron chi connectivity index (χ0n) is 16.3. The summed E-state index contributed by atoms with van der Waals surface area (Å²) in [6.07, 6.45) is 1.34. The first kappa shape index (κ1) is 23.6. The summed E-state index contributed by atoms with van der Waals surface area (Å²) >= 11 is 0. The van der Waals surface area contributed by atoms with E-state index in [2.05, 4.69) is 10.3 Å². The van der Waals surface area contributed by atoms with Gasteiger partial charge in [0.25, 0.3) is 0 Å². The molecule has 3 N–H and O–H groups in total. The molecule has 0 bridgehead atoms. The third kappa shape index (κ3) is 6.38. The van der Waals surface area contributed by atoms with Crippen molar-refractivity contribution < 1.29 is 23.1 Å². The number of halogens is 3. The number of nitrogens with one attached hydrogen (secondary N) is 1. The fraction of sp³-hybridized carbons (Fsp3) is 0.0952. The molecule has 3 rings (SSSR count). The van der Waals surface area contributed by atoms with Crippen molar-refractivity contribution in [2.45, 2.75) is 6.42 Å². The van der Waals surface area contributed by atoms with Crippen molar-refractivity contribution >= 4 is 35.9 Å². The Bertz CT molecular complexity index is 1080. The number of imide groups is 1. The Balaban J connectivity index is 0.00000341. The Morgan fingerprint density at radius 3 is 2.45 bits per heavy atom. The topological polar surface area (TPSA) is 97.5 Å². The molecule has 0 spiro atoms. The number of hydrogen-bond acceptors (Lipinski definition) is 5. The minimum atomic E-state index is -0.739. The minimum Gasteiger partial charge on any atom is -0.454 e. The normalized spacial score (nSPS) is 10.0. The molecule has 0 aliphatic carbocycles. The molecule has 31 heavy (non-hydrogen) atoms. The van der Waals surface area contributed by atoms with Crippen LogP contribution in [0.3, 0.4) is 0 Å². The summed E-state index contributed by atoms with van der Waals surface area (Å²) in [6.45, 7) is 0. The molecule has 0 unspecified atom stereocenters. The van der Waals surface area contributed by atoms with Crippen LogP contribution in [0.5, 0.6) is 11.5 Å². The van der Waals surface area contributed by atoms with Crippen LogP contribution < -0.4 is 15.8 Å². The van der Waals surface area contributed by atoms with E-state index in [0.29, 0.717) is 11.3 Å². The Kier molecular flexibility index (Phi) is 7.87. The van der Waals surface area contributed by atoms with Gasteiger partial charge in [-0.1, -0.05) is 12.1 Å². The maximum absolute atomic E-state index is 14.3. The average Bonchev–Trinajstić information content (AvgIpc) is 2.71. The van der Waals surface area contributed by atoms with Crippen LogP contribution in [0, 0.1) is 11.6 Å². The van der Waals surface area contributed by atoms with E-state index >= 15 is 0 Å². The fourth-order valence-corrected chi connectivity index (χ4v) is 2.50. The lowest BCUT2D eigenvalue weighted by atomic mass is 10.1. The molecule has 0 saturated heterocycles. The number of hydrogen-bond donors (Lipinski definition) is 2. The Morgan fingerprint density at radius 2 is 1.81 bits per heavy atom. The smallest absolute Gasteiger partial charge is 0.328 e. The second-order valence-electron chi connectivity index (χ2n) is 6.35. The number of pyridine rings is 1. The molecule has 1 aromatic heterocycles. The predicted molar refractivity (Wildman–Crippen MR) is 114 cm³/mol. The van der Waals surface area contributed by atoms with E-state index in [-0.39, 0.29) is 36.1 Å². The largest absolute Gasteiger partial charge is 0.454 e. The summed E-state index contributed by atoms with van der Waals surface area (Å²) in [5, 5.41) is 2.44. The molecule has 0 aliphatic heterocycles. The number of urea groups is 1. The van der Waals surface area contributed by atoms with E-state index in [1.165, 1.54) is 61.8 Å². The second kappa shape index (κ2) is 10.4. The molecule has 1 heterocycles. The lowest BCUT2D eigenvalue weighted by molar-refractivity contribution is -0.126. The Morgan fingerprint density at radius 1 is 1.10 bits per heavy atom. The summed E-state index contributed by atoms with van der Waals surface area (Å²) in [6, 6.07) is 11.4. The highest BCUT2D eigenvalue weighted by Gasteiger charge is 2.18. The van der Waals surface area contributed by atoms with Gasteiger partial charge in [-0.15, -0.1) is 12.4 Å². The molecule has 0 saturated carbocycles. The summed E-state index contributed by atoms with van der Waals surface area (Å²) in [7, 11) is 1.29. The van der Waals surface area contributed by atoms with E-state index in [0.717, 1.165) is 11.0 Å². The van der Waals surface area contributed by atoms with Gasteiger partial charge in [0.05, 0.1) is 6.42 Å². The van der Waals surface area contributed by atoms with Crippen LogP contribution in [0.15, 0.2) is 60.8 Å². The zero-order chi connectivity index (χ0) is 21.7.